The molecule has 0 fully saturated rings. The standard InChI is InChI=1S/C23H18N2O3/c26-22-13-12-21(20-11-10-18-8-4-5-9-19(18)14-20)24-25(22)15-23(27)28-16-17-6-2-1-3-7-17/h1-14H,15-16H2. The first-order valence-corrected chi connectivity index (χ1v) is 8.96. The van der Waals surface area contributed by atoms with E-state index in [2.05, 4.69) is 5.10 Å². The van der Waals surface area contributed by atoms with Gasteiger partial charge >= 0.3 is 5.97 Å². The molecular formula is C23H18N2O3. The van der Waals surface area contributed by atoms with Crippen molar-refractivity contribution < 1.29 is 9.53 Å². The fourth-order valence-electron chi connectivity index (χ4n) is 2.97. The van der Waals surface area contributed by atoms with Gasteiger partial charge in [-0.1, -0.05) is 66.7 Å². The van der Waals surface area contributed by atoms with Gasteiger partial charge in [0.15, 0.2) is 0 Å². The SMILES string of the molecule is O=C(Cn1nc(-c2ccc3ccccc3c2)ccc1=O)OCc1ccccc1. The highest BCUT2D eigenvalue weighted by Gasteiger charge is 2.10. The van der Waals surface area contributed by atoms with E-state index in [0.717, 1.165) is 26.6 Å². The van der Waals surface area contributed by atoms with Crippen LogP contribution >= 0.6 is 0 Å². The molecule has 0 aliphatic carbocycles. The van der Waals surface area contributed by atoms with Gasteiger partial charge < -0.3 is 4.74 Å². The molecule has 0 N–H and O–H groups in total. The second-order valence-electron chi connectivity index (χ2n) is 6.42. The molecule has 0 aliphatic heterocycles. The Morgan fingerprint density at radius 2 is 1.61 bits per heavy atom. The van der Waals surface area contributed by atoms with Gasteiger partial charge in [-0.25, -0.2) is 4.68 Å². The van der Waals surface area contributed by atoms with Crippen LogP contribution < -0.4 is 5.56 Å². The second-order valence-corrected chi connectivity index (χ2v) is 6.42. The molecule has 0 spiro atoms. The largest absolute Gasteiger partial charge is 0.459 e. The van der Waals surface area contributed by atoms with Crippen molar-refractivity contribution >= 4 is 16.7 Å². The Kier molecular flexibility index (Phi) is 4.97. The lowest BCUT2D eigenvalue weighted by atomic mass is 10.1. The van der Waals surface area contributed by atoms with Gasteiger partial charge in [0.2, 0.25) is 0 Å². The third-order valence-electron chi connectivity index (χ3n) is 4.43. The zero-order chi connectivity index (χ0) is 19.3. The normalized spacial score (nSPS) is 10.7. The second kappa shape index (κ2) is 7.88. The van der Waals surface area contributed by atoms with Crippen LogP contribution in [0.4, 0.5) is 0 Å². The van der Waals surface area contributed by atoms with Crippen LogP contribution in [0.15, 0.2) is 89.7 Å². The molecule has 0 aliphatic rings. The van der Waals surface area contributed by atoms with E-state index < -0.39 is 5.97 Å². The monoisotopic (exact) mass is 370 g/mol. The van der Waals surface area contributed by atoms with Crippen LogP contribution in [0.5, 0.6) is 0 Å². The van der Waals surface area contributed by atoms with Crippen LogP contribution in [0.25, 0.3) is 22.0 Å². The van der Waals surface area contributed by atoms with Crippen molar-refractivity contribution in [2.45, 2.75) is 13.2 Å². The number of rotatable bonds is 5. The smallest absolute Gasteiger partial charge is 0.328 e. The van der Waals surface area contributed by atoms with E-state index >= 15 is 0 Å². The number of esters is 1. The van der Waals surface area contributed by atoms with Crippen LogP contribution in [0.2, 0.25) is 0 Å². The number of hydrogen-bond donors (Lipinski definition) is 0. The van der Waals surface area contributed by atoms with Crippen molar-refractivity contribution in [2.75, 3.05) is 0 Å². The van der Waals surface area contributed by atoms with E-state index in [4.69, 9.17) is 4.74 Å². The lowest BCUT2D eigenvalue weighted by Gasteiger charge is -2.08. The number of benzene rings is 3. The van der Waals surface area contributed by atoms with E-state index in [0.29, 0.717) is 5.69 Å². The predicted molar refractivity (Wildman–Crippen MR) is 108 cm³/mol. The Morgan fingerprint density at radius 3 is 2.43 bits per heavy atom. The zero-order valence-corrected chi connectivity index (χ0v) is 15.1. The summed E-state index contributed by atoms with van der Waals surface area (Å²) in [6.45, 7) is -0.0636. The van der Waals surface area contributed by atoms with Crippen LogP contribution in [0, 0.1) is 0 Å². The molecule has 28 heavy (non-hydrogen) atoms. The van der Waals surface area contributed by atoms with Crippen molar-refractivity contribution in [2.24, 2.45) is 0 Å². The zero-order valence-electron chi connectivity index (χ0n) is 15.1. The minimum Gasteiger partial charge on any atom is -0.459 e. The summed E-state index contributed by atoms with van der Waals surface area (Å²) in [5.41, 5.74) is 2.05. The maximum atomic E-state index is 12.1. The summed E-state index contributed by atoms with van der Waals surface area (Å²) in [5.74, 6) is -0.505. The number of ether oxygens (including phenoxy) is 1. The van der Waals surface area contributed by atoms with Crippen LogP contribution in [-0.4, -0.2) is 15.7 Å². The molecule has 5 heteroatoms. The third-order valence-corrected chi connectivity index (χ3v) is 4.43. The summed E-state index contributed by atoms with van der Waals surface area (Å²) in [7, 11) is 0. The lowest BCUT2D eigenvalue weighted by Crippen LogP contribution is -2.27. The topological polar surface area (TPSA) is 61.2 Å². The van der Waals surface area contributed by atoms with Gasteiger partial charge in [-0.2, -0.15) is 5.10 Å². The Hall–Kier alpha value is -3.73. The molecule has 0 amide bonds. The van der Waals surface area contributed by atoms with Gasteiger partial charge in [-0.15, -0.1) is 0 Å². The quantitative estimate of drug-likeness (QED) is 0.501. The summed E-state index contributed by atoms with van der Waals surface area (Å²) in [4.78, 5) is 24.3. The van der Waals surface area contributed by atoms with E-state index in [1.54, 1.807) is 6.07 Å². The molecule has 0 atom stereocenters. The molecule has 4 aromatic rings. The van der Waals surface area contributed by atoms with Gasteiger partial charge in [0.1, 0.15) is 13.2 Å². The van der Waals surface area contributed by atoms with E-state index in [9.17, 15) is 9.59 Å². The Labute approximate surface area is 161 Å². The minimum absolute atomic E-state index is 0.165. The highest BCUT2D eigenvalue weighted by atomic mass is 16.5. The van der Waals surface area contributed by atoms with Gasteiger partial charge in [-0.05, 0) is 28.5 Å². The summed E-state index contributed by atoms with van der Waals surface area (Å²) in [6.07, 6.45) is 0. The molecule has 138 valence electrons. The number of nitrogens with zero attached hydrogens (tertiary/aromatic N) is 2. The number of carbonyl (C=O) groups is 1. The van der Waals surface area contributed by atoms with Crippen molar-refractivity contribution in [3.63, 3.8) is 0 Å². The molecule has 0 saturated heterocycles. The number of fused-ring (bicyclic) bond motifs is 1. The molecule has 0 saturated carbocycles. The van der Waals surface area contributed by atoms with E-state index in [1.807, 2.05) is 72.8 Å². The van der Waals surface area contributed by atoms with E-state index in [1.165, 1.54) is 6.07 Å². The highest BCUT2D eigenvalue weighted by molar-refractivity contribution is 5.86. The first kappa shape index (κ1) is 17.7. The van der Waals surface area contributed by atoms with Crippen molar-refractivity contribution in [3.05, 3.63) is 101 Å². The molecule has 5 nitrogen and oxygen atoms in total. The maximum absolute atomic E-state index is 12.1. The first-order valence-electron chi connectivity index (χ1n) is 8.96. The van der Waals surface area contributed by atoms with Crippen LogP contribution in [0.1, 0.15) is 5.56 Å². The fraction of sp³-hybridized carbons (Fsp3) is 0.0870. The van der Waals surface area contributed by atoms with Crippen molar-refractivity contribution in [1.29, 1.82) is 0 Å². The highest BCUT2D eigenvalue weighted by Crippen LogP contribution is 2.22. The Bertz CT molecular complexity index is 1180. The average molecular weight is 370 g/mol. The summed E-state index contributed by atoms with van der Waals surface area (Å²) in [6, 6.07) is 26.5. The number of aromatic nitrogens is 2. The van der Waals surface area contributed by atoms with Gasteiger partial charge in [0.25, 0.3) is 5.56 Å². The van der Waals surface area contributed by atoms with Gasteiger partial charge in [0.05, 0.1) is 5.69 Å². The predicted octanol–water partition coefficient (Wildman–Crippen LogP) is 3.81. The molecule has 0 unspecified atom stereocenters. The number of carbonyl (C=O) groups excluding carboxylic acids is 1. The molecule has 0 bridgehead atoms. The molecule has 1 aromatic heterocycles. The first-order chi connectivity index (χ1) is 13.7. The van der Waals surface area contributed by atoms with Crippen LogP contribution in [0.3, 0.4) is 0 Å². The average Bonchev–Trinajstić information content (AvgIpc) is 2.74. The molecular weight excluding hydrogens is 352 g/mol. The fourth-order valence-corrected chi connectivity index (χ4v) is 2.97. The van der Waals surface area contributed by atoms with Gasteiger partial charge in [-0.3, -0.25) is 9.59 Å². The third kappa shape index (κ3) is 3.99. The van der Waals surface area contributed by atoms with Crippen LogP contribution in [-0.2, 0) is 22.7 Å². The van der Waals surface area contributed by atoms with Gasteiger partial charge in [0, 0.05) is 11.6 Å². The van der Waals surface area contributed by atoms with Crippen molar-refractivity contribution in [1.82, 2.24) is 9.78 Å². The minimum atomic E-state index is -0.505. The van der Waals surface area contributed by atoms with Crippen molar-refractivity contribution in [3.8, 4) is 11.3 Å². The van der Waals surface area contributed by atoms with E-state index in [-0.39, 0.29) is 18.7 Å². The maximum Gasteiger partial charge on any atom is 0.328 e. The lowest BCUT2D eigenvalue weighted by molar-refractivity contribution is -0.146. The number of hydrogen-bond acceptors (Lipinski definition) is 4. The summed E-state index contributed by atoms with van der Waals surface area (Å²) < 4.78 is 6.39. The Morgan fingerprint density at radius 1 is 0.857 bits per heavy atom. The Balaban J connectivity index is 1.53. The molecule has 3 aromatic carbocycles. The summed E-state index contributed by atoms with van der Waals surface area (Å²) >= 11 is 0. The molecule has 1 heterocycles. The molecule has 4 rings (SSSR count). The summed E-state index contributed by atoms with van der Waals surface area (Å²) in [5, 5.41) is 6.56. The molecule has 0 radical (unpaired) electrons.